The summed E-state index contributed by atoms with van der Waals surface area (Å²) in [4.78, 5) is 27.7. The number of alkyl halides is 2. The average Bonchev–Trinajstić information content (AvgIpc) is 2.67. The van der Waals surface area contributed by atoms with Gasteiger partial charge in [-0.15, -0.1) is 0 Å². The summed E-state index contributed by atoms with van der Waals surface area (Å²) in [7, 11) is 0. The van der Waals surface area contributed by atoms with Gasteiger partial charge in [-0.1, -0.05) is 66.2 Å². The second kappa shape index (κ2) is 8.67. The van der Waals surface area contributed by atoms with Gasteiger partial charge >= 0.3 is 0 Å². The lowest BCUT2D eigenvalue weighted by molar-refractivity contribution is -0.231. The SMILES string of the molecule is C=CC(=O)N1CC2(CC(C)N(C(=O)C(CC=C(Cl)Cl)c3ccccc3)CC2(F)F)C1. The number of piperidine rings is 1. The first-order valence-electron chi connectivity index (χ1n) is 9.76. The molecule has 2 atom stereocenters. The Morgan fingerprint density at radius 2 is 1.87 bits per heavy atom. The first-order valence-corrected chi connectivity index (χ1v) is 10.5. The molecule has 0 aliphatic carbocycles. The van der Waals surface area contributed by atoms with Gasteiger partial charge < -0.3 is 9.80 Å². The number of amides is 2. The van der Waals surface area contributed by atoms with E-state index in [9.17, 15) is 9.59 Å². The zero-order chi connectivity index (χ0) is 22.1. The van der Waals surface area contributed by atoms with Crippen molar-refractivity contribution < 1.29 is 18.4 Å². The average molecular weight is 457 g/mol. The van der Waals surface area contributed by atoms with Crippen molar-refractivity contribution in [3.63, 3.8) is 0 Å². The first kappa shape index (κ1) is 22.8. The number of nitrogens with zero attached hydrogens (tertiary/aromatic N) is 2. The summed E-state index contributed by atoms with van der Waals surface area (Å²) < 4.78 is 30.4. The molecule has 2 aliphatic heterocycles. The number of likely N-dealkylation sites (tertiary alicyclic amines) is 2. The molecule has 0 saturated carbocycles. The minimum absolute atomic E-state index is 0.0239. The van der Waals surface area contributed by atoms with Crippen molar-refractivity contribution in [2.24, 2.45) is 5.41 Å². The molecule has 2 aliphatic rings. The molecule has 30 heavy (non-hydrogen) atoms. The van der Waals surface area contributed by atoms with Crippen LogP contribution in [0.1, 0.15) is 31.2 Å². The second-order valence-electron chi connectivity index (χ2n) is 8.10. The Balaban J connectivity index is 1.81. The highest BCUT2D eigenvalue weighted by Gasteiger charge is 2.65. The van der Waals surface area contributed by atoms with Gasteiger partial charge in [0.1, 0.15) is 4.49 Å². The molecule has 2 saturated heterocycles. The van der Waals surface area contributed by atoms with Gasteiger partial charge in [-0.2, -0.15) is 0 Å². The molecule has 162 valence electrons. The molecule has 2 heterocycles. The van der Waals surface area contributed by atoms with E-state index in [2.05, 4.69) is 6.58 Å². The van der Waals surface area contributed by atoms with Gasteiger partial charge in [-0.25, -0.2) is 8.78 Å². The van der Waals surface area contributed by atoms with Gasteiger partial charge in [0.25, 0.3) is 5.92 Å². The number of carbonyl (C=O) groups is 2. The van der Waals surface area contributed by atoms with Crippen molar-refractivity contribution in [2.75, 3.05) is 19.6 Å². The lowest BCUT2D eigenvalue weighted by Gasteiger charge is -2.59. The second-order valence-corrected chi connectivity index (χ2v) is 9.10. The summed E-state index contributed by atoms with van der Waals surface area (Å²) >= 11 is 11.5. The summed E-state index contributed by atoms with van der Waals surface area (Å²) in [5.74, 6) is -4.50. The predicted octanol–water partition coefficient (Wildman–Crippen LogP) is 4.75. The number of carbonyl (C=O) groups excluding carboxylic acids is 2. The number of benzene rings is 1. The van der Waals surface area contributed by atoms with Crippen molar-refractivity contribution in [3.05, 3.63) is 59.1 Å². The Bertz CT molecular complexity index is 850. The molecule has 3 rings (SSSR count). The third kappa shape index (κ3) is 4.26. The molecular formula is C22H24Cl2F2N2O2. The number of hydrogen-bond acceptors (Lipinski definition) is 2. The molecule has 4 nitrogen and oxygen atoms in total. The molecule has 1 spiro atoms. The van der Waals surface area contributed by atoms with Crippen LogP contribution < -0.4 is 0 Å². The quantitative estimate of drug-likeness (QED) is 0.599. The van der Waals surface area contributed by atoms with Crippen LogP contribution in [-0.4, -0.2) is 53.2 Å². The molecule has 0 N–H and O–H groups in total. The summed E-state index contributed by atoms with van der Waals surface area (Å²) in [6.45, 7) is 4.46. The predicted molar refractivity (Wildman–Crippen MR) is 114 cm³/mol. The van der Waals surface area contributed by atoms with Crippen LogP contribution in [0, 0.1) is 5.41 Å². The number of halogens is 4. The van der Waals surface area contributed by atoms with Gasteiger partial charge in [-0.3, -0.25) is 9.59 Å². The van der Waals surface area contributed by atoms with Gasteiger partial charge in [0.15, 0.2) is 0 Å². The number of allylic oxidation sites excluding steroid dienone is 1. The van der Waals surface area contributed by atoms with Gasteiger partial charge in [0.2, 0.25) is 11.8 Å². The topological polar surface area (TPSA) is 40.6 Å². The highest BCUT2D eigenvalue weighted by Crippen LogP contribution is 2.52. The Kier molecular flexibility index (Phi) is 6.58. The standard InChI is InChI=1S/C22H24Cl2F2N2O2/c1-3-19(29)27-12-21(13-27)11-15(2)28(14-22(21,25)26)20(30)17(9-10-18(23)24)16-7-5-4-6-8-16/h3-8,10,15,17H,1,9,11-14H2,2H3. The fourth-order valence-electron chi connectivity index (χ4n) is 4.46. The molecule has 0 aromatic heterocycles. The van der Waals surface area contributed by atoms with E-state index in [-0.39, 0.29) is 48.3 Å². The zero-order valence-corrected chi connectivity index (χ0v) is 18.2. The maximum atomic E-state index is 15.2. The first-order chi connectivity index (χ1) is 14.1. The smallest absolute Gasteiger partial charge is 0.274 e. The van der Waals surface area contributed by atoms with E-state index in [0.29, 0.717) is 0 Å². The Labute approximate surface area is 185 Å². The van der Waals surface area contributed by atoms with E-state index in [1.807, 2.05) is 6.07 Å². The highest BCUT2D eigenvalue weighted by molar-refractivity contribution is 6.55. The van der Waals surface area contributed by atoms with Gasteiger partial charge in [0.05, 0.1) is 17.9 Å². The van der Waals surface area contributed by atoms with Crippen molar-refractivity contribution in [1.29, 1.82) is 0 Å². The highest BCUT2D eigenvalue weighted by atomic mass is 35.5. The zero-order valence-electron chi connectivity index (χ0n) is 16.7. The van der Waals surface area contributed by atoms with Crippen LogP contribution in [0.5, 0.6) is 0 Å². The van der Waals surface area contributed by atoms with Crippen LogP contribution in [0.25, 0.3) is 0 Å². The van der Waals surface area contributed by atoms with Crippen LogP contribution >= 0.6 is 23.2 Å². The fourth-order valence-corrected chi connectivity index (χ4v) is 4.64. The summed E-state index contributed by atoms with van der Waals surface area (Å²) in [6.07, 6.45) is 2.98. The molecule has 0 radical (unpaired) electrons. The van der Waals surface area contributed by atoms with E-state index in [0.717, 1.165) is 11.6 Å². The minimum atomic E-state index is -3.10. The number of hydrogen-bond donors (Lipinski definition) is 0. The van der Waals surface area contributed by atoms with Crippen molar-refractivity contribution >= 4 is 35.0 Å². The summed E-state index contributed by atoms with van der Waals surface area (Å²) in [6, 6.07) is 8.60. The maximum Gasteiger partial charge on any atom is 0.274 e. The summed E-state index contributed by atoms with van der Waals surface area (Å²) in [5.41, 5.74) is -0.584. The van der Waals surface area contributed by atoms with Crippen molar-refractivity contribution in [2.45, 2.75) is 37.6 Å². The molecule has 2 unspecified atom stereocenters. The Morgan fingerprint density at radius 1 is 1.23 bits per heavy atom. The lowest BCUT2D eigenvalue weighted by atomic mass is 9.66. The van der Waals surface area contributed by atoms with E-state index >= 15 is 8.78 Å². The monoisotopic (exact) mass is 456 g/mol. The van der Waals surface area contributed by atoms with Crippen LogP contribution in [0.15, 0.2) is 53.6 Å². The normalized spacial score (nSPS) is 22.8. The molecule has 0 bridgehead atoms. The Hall–Kier alpha value is -1.92. The van der Waals surface area contributed by atoms with E-state index in [1.54, 1.807) is 31.2 Å². The van der Waals surface area contributed by atoms with Gasteiger partial charge in [0, 0.05) is 19.1 Å². The molecule has 1 aromatic carbocycles. The third-order valence-electron chi connectivity index (χ3n) is 6.13. The minimum Gasteiger partial charge on any atom is -0.337 e. The Morgan fingerprint density at radius 3 is 2.43 bits per heavy atom. The van der Waals surface area contributed by atoms with Crippen molar-refractivity contribution in [3.8, 4) is 0 Å². The fraction of sp³-hybridized carbons (Fsp3) is 0.455. The van der Waals surface area contributed by atoms with Gasteiger partial charge in [-0.05, 0) is 31.4 Å². The lowest BCUT2D eigenvalue weighted by Crippen LogP contribution is -2.72. The van der Waals surface area contributed by atoms with Crippen LogP contribution in [0.2, 0.25) is 0 Å². The largest absolute Gasteiger partial charge is 0.337 e. The van der Waals surface area contributed by atoms with Crippen LogP contribution in [0.3, 0.4) is 0 Å². The van der Waals surface area contributed by atoms with Crippen LogP contribution in [0.4, 0.5) is 8.78 Å². The van der Waals surface area contributed by atoms with Crippen LogP contribution in [-0.2, 0) is 9.59 Å². The molecule has 2 fully saturated rings. The molecule has 8 heteroatoms. The summed E-state index contributed by atoms with van der Waals surface area (Å²) in [5, 5.41) is 0. The maximum absolute atomic E-state index is 15.2. The third-order valence-corrected chi connectivity index (χ3v) is 6.44. The molecular weight excluding hydrogens is 433 g/mol. The van der Waals surface area contributed by atoms with Crippen molar-refractivity contribution in [1.82, 2.24) is 9.80 Å². The van der Waals surface area contributed by atoms with E-state index in [1.165, 1.54) is 15.9 Å². The molecule has 1 aromatic rings. The number of rotatable bonds is 5. The van der Waals surface area contributed by atoms with E-state index in [4.69, 9.17) is 23.2 Å². The molecule has 2 amide bonds. The van der Waals surface area contributed by atoms with E-state index < -0.39 is 23.8 Å².